The van der Waals surface area contributed by atoms with E-state index in [0.29, 0.717) is 0 Å². The summed E-state index contributed by atoms with van der Waals surface area (Å²) in [5, 5.41) is 4.83. The molecule has 12 rings (SSSR count). The number of benzene rings is 9. The molecule has 0 saturated carbocycles. The van der Waals surface area contributed by atoms with Crippen LogP contribution in [-0.4, -0.2) is 0 Å². The van der Waals surface area contributed by atoms with Crippen LogP contribution in [0.25, 0.3) is 53.2 Å². The van der Waals surface area contributed by atoms with Crippen molar-refractivity contribution in [2.24, 2.45) is 0 Å². The monoisotopic (exact) mass is 731 g/mol. The van der Waals surface area contributed by atoms with Crippen molar-refractivity contribution in [2.75, 3.05) is 4.90 Å². The summed E-state index contributed by atoms with van der Waals surface area (Å²) in [6, 6.07) is 73.2. The molecule has 0 amide bonds. The minimum Gasteiger partial charge on any atom is -0.456 e. The molecule has 10 aromatic rings. The highest BCUT2D eigenvalue weighted by Crippen LogP contribution is 2.63. The van der Waals surface area contributed by atoms with Gasteiger partial charge in [0.15, 0.2) is 0 Å². The number of fused-ring (bicyclic) bond motifs is 14. The normalized spacial score (nSPS) is 15.0. The van der Waals surface area contributed by atoms with Crippen molar-refractivity contribution < 1.29 is 4.74 Å². The first-order chi connectivity index (χ1) is 27.8. The summed E-state index contributed by atoms with van der Waals surface area (Å²) in [5.74, 6) is 1.82. The molecule has 1 aliphatic carbocycles. The maximum absolute atomic E-state index is 6.96. The van der Waals surface area contributed by atoms with Gasteiger partial charge < -0.3 is 9.64 Å². The van der Waals surface area contributed by atoms with Gasteiger partial charge in [0.2, 0.25) is 0 Å². The minimum atomic E-state index is -0.609. The summed E-state index contributed by atoms with van der Waals surface area (Å²) in [6.07, 6.45) is 0. The highest BCUT2D eigenvalue weighted by atomic mass is 32.1. The Labute approximate surface area is 329 Å². The van der Waals surface area contributed by atoms with Gasteiger partial charge >= 0.3 is 0 Å². The zero-order chi connectivity index (χ0) is 36.8. The first kappa shape index (κ1) is 31.4. The smallest absolute Gasteiger partial charge is 0.140 e. The van der Waals surface area contributed by atoms with E-state index in [2.05, 4.69) is 205 Å². The zero-order valence-corrected chi connectivity index (χ0v) is 31.1. The Hall–Kier alpha value is -6.94. The van der Waals surface area contributed by atoms with E-state index in [1.165, 1.54) is 64.5 Å². The molecule has 1 unspecified atom stereocenters. The van der Waals surface area contributed by atoms with Crippen molar-refractivity contribution in [2.45, 2.75) is 5.41 Å². The van der Waals surface area contributed by atoms with Crippen LogP contribution in [-0.2, 0) is 5.41 Å². The van der Waals surface area contributed by atoms with Gasteiger partial charge in [0.25, 0.3) is 0 Å². The second-order valence-electron chi connectivity index (χ2n) is 14.8. The van der Waals surface area contributed by atoms with E-state index >= 15 is 0 Å². The van der Waals surface area contributed by atoms with Crippen molar-refractivity contribution >= 4 is 59.3 Å². The van der Waals surface area contributed by atoms with Gasteiger partial charge in [0, 0.05) is 47.9 Å². The van der Waals surface area contributed by atoms with E-state index in [9.17, 15) is 0 Å². The number of hydrogen-bond acceptors (Lipinski definition) is 3. The van der Waals surface area contributed by atoms with E-state index in [-0.39, 0.29) is 0 Å². The fourth-order valence-corrected chi connectivity index (χ4v) is 10.8. The molecule has 1 aliphatic heterocycles. The second-order valence-corrected chi connectivity index (χ2v) is 15.8. The zero-order valence-electron chi connectivity index (χ0n) is 30.3. The average Bonchev–Trinajstić information content (AvgIpc) is 3.79. The first-order valence-corrected chi connectivity index (χ1v) is 20.0. The maximum atomic E-state index is 6.96. The molecular weight excluding hydrogens is 699 g/mol. The highest BCUT2D eigenvalue weighted by molar-refractivity contribution is 7.26. The van der Waals surface area contributed by atoms with E-state index in [4.69, 9.17) is 4.74 Å². The van der Waals surface area contributed by atoms with Crippen LogP contribution in [0.2, 0.25) is 0 Å². The van der Waals surface area contributed by atoms with E-state index < -0.39 is 5.41 Å². The number of thiophene rings is 1. The molecule has 1 aromatic heterocycles. The van der Waals surface area contributed by atoms with Crippen molar-refractivity contribution in [3.8, 4) is 33.8 Å². The lowest BCUT2D eigenvalue weighted by atomic mass is 9.65. The fourth-order valence-electron chi connectivity index (χ4n) is 9.64. The summed E-state index contributed by atoms with van der Waals surface area (Å²) in [4.78, 5) is 2.51. The largest absolute Gasteiger partial charge is 0.456 e. The third-order valence-corrected chi connectivity index (χ3v) is 13.1. The Morgan fingerprint density at radius 1 is 0.429 bits per heavy atom. The van der Waals surface area contributed by atoms with E-state index in [1.54, 1.807) is 0 Å². The summed E-state index contributed by atoms with van der Waals surface area (Å²) in [5.41, 5.74) is 12.5. The lowest BCUT2D eigenvalue weighted by Crippen LogP contribution is -2.32. The molecule has 3 heteroatoms. The summed E-state index contributed by atoms with van der Waals surface area (Å²) in [6.45, 7) is 0. The topological polar surface area (TPSA) is 12.5 Å². The van der Waals surface area contributed by atoms with Gasteiger partial charge in [-0.15, -0.1) is 11.3 Å². The van der Waals surface area contributed by atoms with Gasteiger partial charge in [0.1, 0.15) is 11.5 Å². The molecule has 0 fully saturated rings. The van der Waals surface area contributed by atoms with Crippen LogP contribution in [0.15, 0.2) is 200 Å². The third kappa shape index (κ3) is 4.32. The van der Waals surface area contributed by atoms with E-state index in [1.807, 2.05) is 11.3 Å². The summed E-state index contributed by atoms with van der Waals surface area (Å²) < 4.78 is 9.52. The van der Waals surface area contributed by atoms with Gasteiger partial charge in [-0.1, -0.05) is 158 Å². The molecule has 2 heterocycles. The lowest BCUT2D eigenvalue weighted by molar-refractivity contribution is 0.441. The first-order valence-electron chi connectivity index (χ1n) is 19.2. The van der Waals surface area contributed by atoms with Crippen molar-refractivity contribution in [1.29, 1.82) is 0 Å². The summed E-state index contributed by atoms with van der Waals surface area (Å²) >= 11 is 1.86. The Balaban J connectivity index is 1.20. The Bertz CT molecular complexity index is 3200. The standard InChI is InChI=1S/C53H33NOS/c1-2-15-34(16-3-1)37-18-7-11-24-46(37)54(47-25-14-28-50-51(47)41-21-8-13-27-49(41)56-50)36-30-31-40-39-20-6-9-22-42(39)53(45(40)33-36)43-23-10-12-26-48(43)55-52-38-19-5-4-17-35(38)29-32-44(52)53/h1-33H. The number of anilines is 3. The third-order valence-electron chi connectivity index (χ3n) is 11.9. The van der Waals surface area contributed by atoms with Gasteiger partial charge in [-0.2, -0.15) is 0 Å². The molecule has 0 N–H and O–H groups in total. The molecule has 2 nitrogen and oxygen atoms in total. The Morgan fingerprint density at radius 2 is 1.11 bits per heavy atom. The van der Waals surface area contributed by atoms with Crippen LogP contribution in [0.3, 0.4) is 0 Å². The van der Waals surface area contributed by atoms with Crippen LogP contribution in [0.1, 0.15) is 22.3 Å². The fraction of sp³-hybridized carbons (Fsp3) is 0.0189. The summed E-state index contributed by atoms with van der Waals surface area (Å²) in [7, 11) is 0. The van der Waals surface area contributed by atoms with Crippen molar-refractivity contribution in [3.63, 3.8) is 0 Å². The van der Waals surface area contributed by atoms with Crippen LogP contribution in [0.5, 0.6) is 11.5 Å². The predicted octanol–water partition coefficient (Wildman–Crippen LogP) is 14.8. The van der Waals surface area contributed by atoms with Crippen LogP contribution < -0.4 is 9.64 Å². The number of rotatable bonds is 4. The molecule has 56 heavy (non-hydrogen) atoms. The molecular formula is C53H33NOS. The lowest BCUT2D eigenvalue weighted by Gasteiger charge is -2.40. The minimum absolute atomic E-state index is 0.609. The van der Waals surface area contributed by atoms with Crippen molar-refractivity contribution in [1.82, 2.24) is 0 Å². The molecule has 1 spiro atoms. The number of nitrogens with zero attached hydrogens (tertiary/aromatic N) is 1. The second kappa shape index (κ2) is 12.0. The van der Waals surface area contributed by atoms with Crippen LogP contribution >= 0.6 is 11.3 Å². The SMILES string of the molecule is c1ccc(-c2ccccc2N(c2ccc3c(c2)C2(c4ccccc4Oc4c2ccc2ccccc42)c2ccccc2-3)c2cccc3sc4ccccc4c23)cc1. The quantitative estimate of drug-likeness (QED) is 0.179. The molecule has 0 radical (unpaired) electrons. The van der Waals surface area contributed by atoms with Crippen molar-refractivity contribution in [3.05, 3.63) is 222 Å². The molecule has 0 saturated heterocycles. The van der Waals surface area contributed by atoms with Gasteiger partial charge in [-0.3, -0.25) is 0 Å². The Kier molecular flexibility index (Phi) is 6.75. The molecule has 1 atom stereocenters. The van der Waals surface area contributed by atoms with Crippen LogP contribution in [0.4, 0.5) is 17.1 Å². The van der Waals surface area contributed by atoms with Crippen LogP contribution in [0, 0.1) is 0 Å². The number of hydrogen-bond donors (Lipinski definition) is 0. The number of ether oxygens (including phenoxy) is 1. The predicted molar refractivity (Wildman–Crippen MR) is 234 cm³/mol. The molecule has 9 aromatic carbocycles. The molecule has 262 valence electrons. The van der Waals surface area contributed by atoms with Gasteiger partial charge in [-0.25, -0.2) is 0 Å². The van der Waals surface area contributed by atoms with E-state index in [0.717, 1.165) is 39.5 Å². The molecule has 0 bridgehead atoms. The maximum Gasteiger partial charge on any atom is 0.140 e. The molecule has 2 aliphatic rings. The Morgan fingerprint density at radius 3 is 2.02 bits per heavy atom. The highest BCUT2D eigenvalue weighted by Gasteiger charge is 2.51. The number of para-hydroxylation sites is 2. The average molecular weight is 732 g/mol. The van der Waals surface area contributed by atoms with Gasteiger partial charge in [0.05, 0.1) is 16.8 Å². The van der Waals surface area contributed by atoms with Gasteiger partial charge in [-0.05, 0) is 75.7 Å².